The normalized spacial score (nSPS) is 19.5. The van der Waals surface area contributed by atoms with Crippen LogP contribution in [0.25, 0.3) is 11.1 Å². The van der Waals surface area contributed by atoms with Crippen molar-refractivity contribution >= 4 is 17.0 Å². The van der Waals surface area contributed by atoms with Gasteiger partial charge in [0.05, 0.1) is 24.1 Å². The molecule has 2 unspecified atom stereocenters. The molecule has 1 aliphatic heterocycles. The fourth-order valence-corrected chi connectivity index (χ4v) is 4.77. The van der Waals surface area contributed by atoms with Crippen LogP contribution in [0.2, 0.25) is 0 Å². The highest BCUT2D eigenvalue weighted by Gasteiger charge is 2.29. The quantitative estimate of drug-likeness (QED) is 0.367. The summed E-state index contributed by atoms with van der Waals surface area (Å²) < 4.78 is 39.7. The number of amidine groups is 1. The van der Waals surface area contributed by atoms with E-state index in [1.54, 1.807) is 12.1 Å². The van der Waals surface area contributed by atoms with E-state index >= 15 is 0 Å². The van der Waals surface area contributed by atoms with Gasteiger partial charge in [-0.3, -0.25) is 0 Å². The summed E-state index contributed by atoms with van der Waals surface area (Å²) in [6, 6.07) is 8.67. The van der Waals surface area contributed by atoms with Gasteiger partial charge in [0.1, 0.15) is 11.9 Å². The van der Waals surface area contributed by atoms with Crippen molar-refractivity contribution in [1.82, 2.24) is 9.29 Å². The van der Waals surface area contributed by atoms with Gasteiger partial charge in [-0.15, -0.1) is 0 Å². The number of aliphatic imine (C=N–C) groups is 1. The Morgan fingerprint density at radius 1 is 1.44 bits per heavy atom. The van der Waals surface area contributed by atoms with Crippen molar-refractivity contribution in [3.63, 3.8) is 0 Å². The lowest BCUT2D eigenvalue weighted by Crippen LogP contribution is -2.32. The van der Waals surface area contributed by atoms with Crippen molar-refractivity contribution < 1.29 is 18.1 Å². The molecule has 0 aliphatic carbocycles. The molecule has 2 N–H and O–H groups in total. The highest BCUT2D eigenvalue weighted by molar-refractivity contribution is 7.82. The van der Waals surface area contributed by atoms with E-state index in [9.17, 15) is 8.60 Å². The monoisotopic (exact) mass is 462 g/mol. The molecule has 0 bridgehead atoms. The average molecular weight is 463 g/mol. The van der Waals surface area contributed by atoms with Crippen LogP contribution in [0.1, 0.15) is 38.3 Å². The summed E-state index contributed by atoms with van der Waals surface area (Å²) in [5.41, 5.74) is 7.78. The van der Waals surface area contributed by atoms with Crippen LogP contribution in [0, 0.1) is 11.9 Å². The largest absolute Gasteiger partial charge is 0.490 e. The summed E-state index contributed by atoms with van der Waals surface area (Å²) in [5, 5.41) is 0. The van der Waals surface area contributed by atoms with Gasteiger partial charge in [-0.05, 0) is 49.2 Å². The van der Waals surface area contributed by atoms with Gasteiger partial charge < -0.3 is 15.2 Å². The average Bonchev–Trinajstić information content (AvgIpc) is 2.77. The number of benzene rings is 1. The fourth-order valence-electron chi connectivity index (χ4n) is 3.63. The summed E-state index contributed by atoms with van der Waals surface area (Å²) in [7, 11) is 2.31. The summed E-state index contributed by atoms with van der Waals surface area (Å²) in [5.74, 6) is 1.15. The molecule has 32 heavy (non-hydrogen) atoms. The standard InChI is InChI=1S/C23H31FN4O3S/c1-15(2)14-32(29)28(3)11-9-17-13-20(27-23(25)30-4)19-12-16(7-8-21(19)31-17)18-6-5-10-26-22(18)24/h5-8,10,12,15,17,20H,9,11,13-14H2,1-4H3,(H2,25,27)/t17?,20-,32?/m1/s1. The highest BCUT2D eigenvalue weighted by atomic mass is 32.2. The number of nitrogens with two attached hydrogens (primary N) is 1. The van der Waals surface area contributed by atoms with Crippen LogP contribution in [0.4, 0.5) is 4.39 Å². The summed E-state index contributed by atoms with van der Waals surface area (Å²) >= 11 is 0. The number of rotatable bonds is 8. The Balaban J connectivity index is 1.82. The summed E-state index contributed by atoms with van der Waals surface area (Å²) in [4.78, 5) is 8.25. The third kappa shape index (κ3) is 6.04. The fraction of sp³-hybridized carbons (Fsp3) is 0.478. The molecule has 0 fully saturated rings. The van der Waals surface area contributed by atoms with Gasteiger partial charge in [-0.25, -0.2) is 18.5 Å². The third-order valence-electron chi connectivity index (χ3n) is 5.30. The first-order chi connectivity index (χ1) is 15.3. The van der Waals surface area contributed by atoms with E-state index in [0.29, 0.717) is 47.9 Å². The molecule has 9 heteroatoms. The smallest absolute Gasteiger partial charge is 0.282 e. The van der Waals surface area contributed by atoms with Crippen LogP contribution in [0.5, 0.6) is 5.75 Å². The third-order valence-corrected chi connectivity index (χ3v) is 7.13. The summed E-state index contributed by atoms with van der Waals surface area (Å²) in [6.45, 7) is 4.75. The SMILES string of the molecule is COC(N)=N[C@@H]1CC(CCN(C)S(=O)CC(C)C)Oc2ccc(-c3cccnc3F)cc21. The maximum atomic E-state index is 14.2. The molecule has 2 heterocycles. The Labute approximate surface area is 191 Å². The molecule has 1 aromatic heterocycles. The number of ether oxygens (including phenoxy) is 2. The van der Waals surface area contributed by atoms with Crippen LogP contribution in [0.3, 0.4) is 0 Å². The van der Waals surface area contributed by atoms with Crippen molar-refractivity contribution in [2.75, 3.05) is 26.5 Å². The minimum absolute atomic E-state index is 0.0784. The molecule has 7 nitrogen and oxygen atoms in total. The van der Waals surface area contributed by atoms with Crippen LogP contribution >= 0.6 is 0 Å². The summed E-state index contributed by atoms with van der Waals surface area (Å²) in [6.07, 6.45) is 2.57. The van der Waals surface area contributed by atoms with Crippen LogP contribution in [-0.2, 0) is 15.7 Å². The van der Waals surface area contributed by atoms with Gasteiger partial charge in [0.25, 0.3) is 6.02 Å². The Hall–Kier alpha value is -2.52. The molecule has 0 saturated carbocycles. The zero-order chi connectivity index (χ0) is 23.3. The van der Waals surface area contributed by atoms with Gasteiger partial charge in [0.15, 0.2) is 0 Å². The van der Waals surface area contributed by atoms with Crippen molar-refractivity contribution in [2.45, 2.75) is 38.8 Å². The van der Waals surface area contributed by atoms with Crippen molar-refractivity contribution in [2.24, 2.45) is 16.6 Å². The van der Waals surface area contributed by atoms with Crippen LogP contribution in [0.15, 0.2) is 41.5 Å². The molecule has 3 atom stereocenters. The maximum Gasteiger partial charge on any atom is 0.282 e. The Kier molecular flexibility index (Phi) is 8.20. The second kappa shape index (κ2) is 10.9. The number of methoxy groups -OCH3 is 1. The molecule has 1 aliphatic rings. The zero-order valence-electron chi connectivity index (χ0n) is 19.0. The van der Waals surface area contributed by atoms with Crippen molar-refractivity contribution in [3.8, 4) is 16.9 Å². The number of fused-ring (bicyclic) bond motifs is 1. The topological polar surface area (TPSA) is 90.0 Å². The maximum absolute atomic E-state index is 14.2. The number of aromatic nitrogens is 1. The number of hydrogen-bond acceptors (Lipinski definition) is 5. The molecule has 3 rings (SSSR count). The van der Waals surface area contributed by atoms with E-state index in [-0.39, 0.29) is 18.2 Å². The highest BCUT2D eigenvalue weighted by Crippen LogP contribution is 2.40. The molecule has 174 valence electrons. The lowest BCUT2D eigenvalue weighted by molar-refractivity contribution is 0.145. The zero-order valence-corrected chi connectivity index (χ0v) is 19.8. The molecular weight excluding hydrogens is 431 g/mol. The van der Waals surface area contributed by atoms with E-state index in [1.165, 1.54) is 13.3 Å². The van der Waals surface area contributed by atoms with Gasteiger partial charge >= 0.3 is 0 Å². The van der Waals surface area contributed by atoms with Crippen LogP contribution < -0.4 is 10.5 Å². The molecule has 0 amide bonds. The Morgan fingerprint density at radius 2 is 2.22 bits per heavy atom. The molecule has 0 saturated heterocycles. The number of pyridine rings is 1. The molecule has 1 aromatic carbocycles. The van der Waals surface area contributed by atoms with E-state index in [2.05, 4.69) is 23.8 Å². The van der Waals surface area contributed by atoms with Gasteiger partial charge in [0.2, 0.25) is 5.95 Å². The number of hydrogen-bond donors (Lipinski definition) is 1. The van der Waals surface area contributed by atoms with E-state index in [0.717, 1.165) is 5.56 Å². The predicted molar refractivity (Wildman–Crippen MR) is 125 cm³/mol. The second-order valence-electron chi connectivity index (χ2n) is 8.28. The second-order valence-corrected chi connectivity index (χ2v) is 9.88. The Bertz CT molecular complexity index is 985. The van der Waals surface area contributed by atoms with Crippen molar-refractivity contribution in [3.05, 3.63) is 48.0 Å². The lowest BCUT2D eigenvalue weighted by atomic mass is 9.92. The van der Waals surface area contributed by atoms with E-state index in [4.69, 9.17) is 15.2 Å². The minimum Gasteiger partial charge on any atom is -0.490 e. The predicted octanol–water partition coefficient (Wildman–Crippen LogP) is 3.68. The number of halogens is 1. The van der Waals surface area contributed by atoms with E-state index in [1.807, 2.05) is 29.6 Å². The molecule has 0 radical (unpaired) electrons. The van der Waals surface area contributed by atoms with Gasteiger partial charge in [-0.1, -0.05) is 19.9 Å². The molecule has 0 spiro atoms. The first-order valence-electron chi connectivity index (χ1n) is 10.7. The minimum atomic E-state index is -1.02. The first-order valence-corrected chi connectivity index (χ1v) is 11.9. The Morgan fingerprint density at radius 3 is 2.91 bits per heavy atom. The lowest BCUT2D eigenvalue weighted by Gasteiger charge is -2.31. The van der Waals surface area contributed by atoms with Crippen LogP contribution in [-0.4, -0.2) is 52.1 Å². The molecule has 2 aromatic rings. The van der Waals surface area contributed by atoms with Gasteiger partial charge in [0, 0.05) is 36.0 Å². The van der Waals surface area contributed by atoms with E-state index < -0.39 is 16.9 Å². The van der Waals surface area contributed by atoms with Crippen molar-refractivity contribution in [1.29, 1.82) is 0 Å². The van der Waals surface area contributed by atoms with Gasteiger partial charge in [-0.2, -0.15) is 4.39 Å². The number of nitrogens with zero attached hydrogens (tertiary/aromatic N) is 3. The first kappa shape index (κ1) is 24.1. The molecular formula is C23H31FN4O3S.